The summed E-state index contributed by atoms with van der Waals surface area (Å²) in [5, 5.41) is 3.59. The molecule has 1 aliphatic rings. The Kier molecular flexibility index (Phi) is 7.45. The fourth-order valence-electron chi connectivity index (χ4n) is 2.61. The largest absolute Gasteiger partial charge is 0.312 e. The summed E-state index contributed by atoms with van der Waals surface area (Å²) < 4.78 is 0. The van der Waals surface area contributed by atoms with Crippen molar-refractivity contribution in [3.05, 3.63) is 0 Å². The number of likely N-dealkylation sites (N-methyl/N-ethyl adjacent to an activating group) is 1. The smallest absolute Gasteiger partial charge is 0.0113 e. The number of hydrogen-bond donors (Lipinski definition) is 1. The maximum Gasteiger partial charge on any atom is 0.0113 e. The standard InChI is InChI=1S/C16H36N4/c1-15(7-8-17-16(2,3)4)20-13-11-19(12-14-20)10-9-18(5)6/h15,17H,7-14H2,1-6H3. The number of nitrogens with zero attached hydrogens (tertiary/aromatic N) is 3. The van der Waals surface area contributed by atoms with Crippen molar-refractivity contribution in [1.82, 2.24) is 20.0 Å². The van der Waals surface area contributed by atoms with Crippen LogP contribution in [0.2, 0.25) is 0 Å². The predicted molar refractivity (Wildman–Crippen MR) is 88.4 cm³/mol. The predicted octanol–water partition coefficient (Wildman–Crippen LogP) is 1.33. The summed E-state index contributed by atoms with van der Waals surface area (Å²) in [6.45, 7) is 17.5. The summed E-state index contributed by atoms with van der Waals surface area (Å²) >= 11 is 0. The number of nitrogens with one attached hydrogen (secondary N) is 1. The lowest BCUT2D eigenvalue weighted by Gasteiger charge is -2.38. The highest BCUT2D eigenvalue weighted by Crippen LogP contribution is 2.09. The Bertz CT molecular complexity index is 252. The zero-order valence-corrected chi connectivity index (χ0v) is 14.6. The molecular weight excluding hydrogens is 248 g/mol. The van der Waals surface area contributed by atoms with E-state index < -0.39 is 0 Å². The van der Waals surface area contributed by atoms with Crippen molar-refractivity contribution in [2.75, 3.05) is 59.9 Å². The highest BCUT2D eigenvalue weighted by molar-refractivity contribution is 4.78. The lowest BCUT2D eigenvalue weighted by Crippen LogP contribution is -2.51. The first kappa shape index (κ1) is 17.9. The van der Waals surface area contributed by atoms with E-state index in [0.717, 1.165) is 6.54 Å². The van der Waals surface area contributed by atoms with Gasteiger partial charge in [0, 0.05) is 50.8 Å². The monoisotopic (exact) mass is 284 g/mol. The molecule has 0 radical (unpaired) electrons. The maximum absolute atomic E-state index is 3.59. The minimum atomic E-state index is 0.241. The molecular formula is C16H36N4. The van der Waals surface area contributed by atoms with Crippen LogP contribution in [0.5, 0.6) is 0 Å². The molecule has 0 spiro atoms. The molecule has 1 N–H and O–H groups in total. The van der Waals surface area contributed by atoms with Gasteiger partial charge in [-0.3, -0.25) is 9.80 Å². The van der Waals surface area contributed by atoms with Gasteiger partial charge in [0.15, 0.2) is 0 Å². The zero-order chi connectivity index (χ0) is 15.2. The molecule has 0 aromatic carbocycles. The third kappa shape index (κ3) is 7.58. The Morgan fingerprint density at radius 1 is 1.10 bits per heavy atom. The third-order valence-corrected chi connectivity index (χ3v) is 4.11. The first-order valence-corrected chi connectivity index (χ1v) is 8.14. The van der Waals surface area contributed by atoms with Gasteiger partial charge in [0.1, 0.15) is 0 Å². The van der Waals surface area contributed by atoms with Crippen molar-refractivity contribution < 1.29 is 0 Å². The molecule has 1 unspecified atom stereocenters. The molecule has 0 aromatic rings. The summed E-state index contributed by atoms with van der Waals surface area (Å²) in [5.41, 5.74) is 0.241. The van der Waals surface area contributed by atoms with Gasteiger partial charge in [-0.05, 0) is 54.8 Å². The second-order valence-corrected chi connectivity index (χ2v) is 7.50. The van der Waals surface area contributed by atoms with E-state index in [2.05, 4.69) is 61.8 Å². The van der Waals surface area contributed by atoms with Gasteiger partial charge in [-0.1, -0.05) is 0 Å². The SMILES string of the molecule is CC(CCNC(C)(C)C)N1CCN(CCN(C)C)CC1. The van der Waals surface area contributed by atoms with Crippen LogP contribution in [0.3, 0.4) is 0 Å². The molecule has 1 fully saturated rings. The van der Waals surface area contributed by atoms with E-state index in [9.17, 15) is 0 Å². The third-order valence-electron chi connectivity index (χ3n) is 4.11. The highest BCUT2D eigenvalue weighted by Gasteiger charge is 2.21. The summed E-state index contributed by atoms with van der Waals surface area (Å²) in [4.78, 5) is 7.51. The van der Waals surface area contributed by atoms with Gasteiger partial charge in [0.2, 0.25) is 0 Å². The Hall–Kier alpha value is -0.160. The van der Waals surface area contributed by atoms with E-state index in [-0.39, 0.29) is 5.54 Å². The van der Waals surface area contributed by atoms with Crippen LogP contribution in [0.4, 0.5) is 0 Å². The van der Waals surface area contributed by atoms with Gasteiger partial charge in [-0.2, -0.15) is 0 Å². The van der Waals surface area contributed by atoms with Crippen molar-refractivity contribution in [3.8, 4) is 0 Å². The van der Waals surface area contributed by atoms with E-state index in [1.807, 2.05) is 0 Å². The first-order chi connectivity index (χ1) is 9.28. The minimum absolute atomic E-state index is 0.241. The van der Waals surface area contributed by atoms with Gasteiger partial charge in [0.25, 0.3) is 0 Å². The topological polar surface area (TPSA) is 21.8 Å². The van der Waals surface area contributed by atoms with E-state index in [1.165, 1.54) is 45.7 Å². The van der Waals surface area contributed by atoms with Crippen molar-refractivity contribution in [2.45, 2.75) is 45.7 Å². The van der Waals surface area contributed by atoms with Gasteiger partial charge in [-0.15, -0.1) is 0 Å². The molecule has 1 rings (SSSR count). The fraction of sp³-hybridized carbons (Fsp3) is 1.00. The highest BCUT2D eigenvalue weighted by atomic mass is 15.3. The van der Waals surface area contributed by atoms with Crippen molar-refractivity contribution in [3.63, 3.8) is 0 Å². The molecule has 1 heterocycles. The first-order valence-electron chi connectivity index (χ1n) is 8.14. The van der Waals surface area contributed by atoms with Crippen LogP contribution in [0.25, 0.3) is 0 Å². The van der Waals surface area contributed by atoms with E-state index in [0.29, 0.717) is 6.04 Å². The molecule has 0 aromatic heterocycles. The quantitative estimate of drug-likeness (QED) is 0.761. The van der Waals surface area contributed by atoms with Gasteiger partial charge >= 0.3 is 0 Å². The molecule has 1 saturated heterocycles. The van der Waals surface area contributed by atoms with Crippen LogP contribution >= 0.6 is 0 Å². The van der Waals surface area contributed by atoms with Crippen LogP contribution in [-0.2, 0) is 0 Å². The second-order valence-electron chi connectivity index (χ2n) is 7.50. The molecule has 120 valence electrons. The van der Waals surface area contributed by atoms with Crippen molar-refractivity contribution in [1.29, 1.82) is 0 Å². The molecule has 0 bridgehead atoms. The van der Waals surface area contributed by atoms with Crippen molar-refractivity contribution in [2.24, 2.45) is 0 Å². The lowest BCUT2D eigenvalue weighted by molar-refractivity contribution is 0.0937. The molecule has 0 saturated carbocycles. The Morgan fingerprint density at radius 3 is 2.20 bits per heavy atom. The van der Waals surface area contributed by atoms with Crippen LogP contribution in [0.15, 0.2) is 0 Å². The molecule has 1 aliphatic heterocycles. The normalized spacial score (nSPS) is 20.6. The Labute approximate surface area is 126 Å². The number of piperazine rings is 1. The van der Waals surface area contributed by atoms with Gasteiger partial charge < -0.3 is 10.2 Å². The lowest BCUT2D eigenvalue weighted by atomic mass is 10.1. The Balaban J connectivity index is 2.17. The maximum atomic E-state index is 3.59. The molecule has 4 heteroatoms. The van der Waals surface area contributed by atoms with Crippen LogP contribution < -0.4 is 5.32 Å². The van der Waals surface area contributed by atoms with Gasteiger partial charge in [-0.25, -0.2) is 0 Å². The van der Waals surface area contributed by atoms with E-state index in [4.69, 9.17) is 0 Å². The van der Waals surface area contributed by atoms with Crippen LogP contribution in [-0.4, -0.2) is 86.2 Å². The van der Waals surface area contributed by atoms with E-state index in [1.54, 1.807) is 0 Å². The average molecular weight is 284 g/mol. The summed E-state index contributed by atoms with van der Waals surface area (Å²) in [7, 11) is 4.31. The van der Waals surface area contributed by atoms with Crippen molar-refractivity contribution >= 4 is 0 Å². The van der Waals surface area contributed by atoms with E-state index >= 15 is 0 Å². The van der Waals surface area contributed by atoms with Gasteiger partial charge in [0.05, 0.1) is 0 Å². The van der Waals surface area contributed by atoms with Crippen LogP contribution in [0, 0.1) is 0 Å². The molecule has 4 nitrogen and oxygen atoms in total. The summed E-state index contributed by atoms with van der Waals surface area (Å²) in [6.07, 6.45) is 1.25. The second kappa shape index (κ2) is 8.32. The fourth-order valence-corrected chi connectivity index (χ4v) is 2.61. The number of rotatable bonds is 7. The average Bonchev–Trinajstić information content (AvgIpc) is 2.35. The Morgan fingerprint density at radius 2 is 1.70 bits per heavy atom. The molecule has 0 aliphatic carbocycles. The molecule has 20 heavy (non-hydrogen) atoms. The summed E-state index contributed by atoms with van der Waals surface area (Å²) in [6, 6.07) is 0.695. The van der Waals surface area contributed by atoms with Crippen LogP contribution in [0.1, 0.15) is 34.1 Å². The number of hydrogen-bond acceptors (Lipinski definition) is 4. The molecule has 0 amide bonds. The zero-order valence-electron chi connectivity index (χ0n) is 14.6. The molecule has 1 atom stereocenters. The minimum Gasteiger partial charge on any atom is -0.312 e. The summed E-state index contributed by atoms with van der Waals surface area (Å²) in [5.74, 6) is 0.